The number of ether oxygens (including phenoxy) is 1. The number of hydrogen-bond donors (Lipinski definition) is 2. The number of aromatic nitrogens is 1. The summed E-state index contributed by atoms with van der Waals surface area (Å²) in [6, 6.07) is 8.23. The highest BCUT2D eigenvalue weighted by Crippen LogP contribution is 2.33. The van der Waals surface area contributed by atoms with Crippen molar-refractivity contribution in [2.24, 2.45) is 10.9 Å². The molecular formula is C12H9Cl2N3O2. The van der Waals surface area contributed by atoms with Crippen LogP contribution in [0.3, 0.4) is 0 Å². The zero-order valence-corrected chi connectivity index (χ0v) is 11.1. The Balaban J connectivity index is 2.22. The lowest BCUT2D eigenvalue weighted by atomic mass is 10.3. The normalized spacial score (nSPS) is 11.4. The molecule has 3 N–H and O–H groups in total. The molecule has 0 fully saturated rings. The van der Waals surface area contributed by atoms with Gasteiger partial charge in [0, 0.05) is 17.8 Å². The third kappa shape index (κ3) is 3.07. The lowest BCUT2D eigenvalue weighted by molar-refractivity contribution is 0.318. The van der Waals surface area contributed by atoms with Crippen molar-refractivity contribution in [3.05, 3.63) is 52.1 Å². The molecule has 0 bridgehead atoms. The third-order valence-corrected chi connectivity index (χ3v) is 3.07. The van der Waals surface area contributed by atoms with Gasteiger partial charge < -0.3 is 15.7 Å². The predicted octanol–water partition coefficient (Wildman–Crippen LogP) is 3.28. The second-order valence-corrected chi connectivity index (χ2v) is 4.31. The van der Waals surface area contributed by atoms with Crippen LogP contribution in [-0.2, 0) is 0 Å². The van der Waals surface area contributed by atoms with Crippen LogP contribution in [0.5, 0.6) is 11.6 Å². The van der Waals surface area contributed by atoms with E-state index < -0.39 is 0 Å². The van der Waals surface area contributed by atoms with Gasteiger partial charge in [-0.25, -0.2) is 4.98 Å². The summed E-state index contributed by atoms with van der Waals surface area (Å²) in [5.74, 6) is 0.691. The fraction of sp³-hybridized carbons (Fsp3) is 0. The van der Waals surface area contributed by atoms with Gasteiger partial charge >= 0.3 is 0 Å². The minimum absolute atomic E-state index is 0.0279. The molecule has 1 aromatic heterocycles. The molecule has 7 heteroatoms. The van der Waals surface area contributed by atoms with E-state index in [2.05, 4.69) is 10.1 Å². The van der Waals surface area contributed by atoms with Crippen LogP contribution < -0.4 is 10.5 Å². The fourth-order valence-corrected chi connectivity index (χ4v) is 1.66. The molecule has 0 saturated heterocycles. The van der Waals surface area contributed by atoms with Crippen molar-refractivity contribution >= 4 is 29.0 Å². The van der Waals surface area contributed by atoms with Gasteiger partial charge in [-0.15, -0.1) is 0 Å². The number of nitrogens with two attached hydrogens (primary N) is 1. The van der Waals surface area contributed by atoms with Crippen LogP contribution in [-0.4, -0.2) is 16.0 Å². The topological polar surface area (TPSA) is 80.7 Å². The summed E-state index contributed by atoms with van der Waals surface area (Å²) < 4.78 is 5.49. The summed E-state index contributed by atoms with van der Waals surface area (Å²) in [6.45, 7) is 0. The van der Waals surface area contributed by atoms with Gasteiger partial charge in [0.1, 0.15) is 10.8 Å². The molecule has 0 atom stereocenters. The first-order valence-corrected chi connectivity index (χ1v) is 5.93. The maximum Gasteiger partial charge on any atom is 0.219 e. The molecule has 0 radical (unpaired) electrons. The monoisotopic (exact) mass is 297 g/mol. The first kappa shape index (κ1) is 13.5. The van der Waals surface area contributed by atoms with E-state index in [1.165, 1.54) is 6.20 Å². The average Bonchev–Trinajstić information content (AvgIpc) is 2.44. The van der Waals surface area contributed by atoms with Gasteiger partial charge in [-0.2, -0.15) is 0 Å². The largest absolute Gasteiger partial charge is 0.437 e. The standard InChI is InChI=1S/C12H9Cl2N3O2/c13-8-2-1-3-9(11(8)14)19-10-5-4-7(6-16-10)12(15)17-18/h1-6,18H,(H2,15,17). The maximum absolute atomic E-state index is 8.53. The lowest BCUT2D eigenvalue weighted by Gasteiger charge is -2.07. The molecule has 0 spiro atoms. The maximum atomic E-state index is 8.53. The summed E-state index contributed by atoms with van der Waals surface area (Å²) in [5.41, 5.74) is 5.90. The second kappa shape index (κ2) is 5.77. The molecule has 0 aliphatic carbocycles. The van der Waals surface area contributed by atoms with Crippen molar-refractivity contribution in [1.29, 1.82) is 0 Å². The number of amidine groups is 1. The van der Waals surface area contributed by atoms with E-state index >= 15 is 0 Å². The molecule has 0 saturated carbocycles. The van der Waals surface area contributed by atoms with Crippen molar-refractivity contribution in [2.45, 2.75) is 0 Å². The quantitative estimate of drug-likeness (QED) is 0.394. The lowest BCUT2D eigenvalue weighted by Crippen LogP contribution is -2.13. The summed E-state index contributed by atoms with van der Waals surface area (Å²) in [6.07, 6.45) is 1.42. The molecule has 2 aromatic rings. The molecule has 0 unspecified atom stereocenters. The van der Waals surface area contributed by atoms with E-state index in [1.54, 1.807) is 30.3 Å². The minimum Gasteiger partial charge on any atom is -0.437 e. The number of oxime groups is 1. The van der Waals surface area contributed by atoms with Crippen LogP contribution >= 0.6 is 23.2 Å². The molecule has 19 heavy (non-hydrogen) atoms. The van der Waals surface area contributed by atoms with Crippen LogP contribution in [0.15, 0.2) is 41.7 Å². The van der Waals surface area contributed by atoms with Gasteiger partial charge in [-0.1, -0.05) is 34.4 Å². The van der Waals surface area contributed by atoms with Crippen molar-refractivity contribution < 1.29 is 9.94 Å². The number of nitrogens with zero attached hydrogens (tertiary/aromatic N) is 2. The van der Waals surface area contributed by atoms with E-state index in [0.29, 0.717) is 27.2 Å². The Hall–Kier alpha value is -1.98. The molecular weight excluding hydrogens is 289 g/mol. The van der Waals surface area contributed by atoms with Crippen LogP contribution in [0, 0.1) is 0 Å². The molecule has 5 nitrogen and oxygen atoms in total. The van der Waals surface area contributed by atoms with Crippen molar-refractivity contribution in [3.8, 4) is 11.6 Å². The predicted molar refractivity (Wildman–Crippen MR) is 73.3 cm³/mol. The zero-order valence-electron chi connectivity index (χ0n) is 9.55. The van der Waals surface area contributed by atoms with Crippen LogP contribution in [0.4, 0.5) is 0 Å². The van der Waals surface area contributed by atoms with Gasteiger partial charge in [0.05, 0.1) is 5.02 Å². The molecule has 2 rings (SSSR count). The Morgan fingerprint density at radius 3 is 2.68 bits per heavy atom. The number of rotatable bonds is 3. The number of pyridine rings is 1. The molecule has 0 aliphatic heterocycles. The Kier molecular flexibility index (Phi) is 4.09. The summed E-state index contributed by atoms with van der Waals surface area (Å²) in [7, 11) is 0. The van der Waals surface area contributed by atoms with Crippen LogP contribution in [0.2, 0.25) is 10.0 Å². The SMILES string of the molecule is N/C(=N\O)c1ccc(Oc2cccc(Cl)c2Cl)nc1. The fourth-order valence-electron chi connectivity index (χ4n) is 1.33. The minimum atomic E-state index is -0.0279. The van der Waals surface area contributed by atoms with E-state index in [-0.39, 0.29) is 5.84 Å². The summed E-state index contributed by atoms with van der Waals surface area (Å²) in [5, 5.41) is 12.1. The zero-order chi connectivity index (χ0) is 13.8. The molecule has 98 valence electrons. The van der Waals surface area contributed by atoms with Gasteiger partial charge in [0.25, 0.3) is 0 Å². The van der Waals surface area contributed by atoms with Gasteiger partial charge in [0.15, 0.2) is 5.84 Å². The van der Waals surface area contributed by atoms with Crippen molar-refractivity contribution in [1.82, 2.24) is 4.98 Å². The van der Waals surface area contributed by atoms with Gasteiger partial charge in [-0.3, -0.25) is 0 Å². The molecule has 0 aliphatic rings. The first-order chi connectivity index (χ1) is 9.11. The van der Waals surface area contributed by atoms with Gasteiger partial charge in [0.2, 0.25) is 5.88 Å². The Morgan fingerprint density at radius 2 is 2.05 bits per heavy atom. The van der Waals surface area contributed by atoms with Crippen LogP contribution in [0.1, 0.15) is 5.56 Å². The Bertz CT molecular complexity index is 615. The molecule has 0 amide bonds. The smallest absolute Gasteiger partial charge is 0.219 e. The first-order valence-electron chi connectivity index (χ1n) is 5.17. The second-order valence-electron chi connectivity index (χ2n) is 3.52. The highest BCUT2D eigenvalue weighted by atomic mass is 35.5. The molecule has 1 aromatic carbocycles. The summed E-state index contributed by atoms with van der Waals surface area (Å²) in [4.78, 5) is 4.02. The summed E-state index contributed by atoms with van der Waals surface area (Å²) >= 11 is 11.9. The number of hydrogen-bond acceptors (Lipinski definition) is 4. The highest BCUT2D eigenvalue weighted by molar-refractivity contribution is 6.42. The highest BCUT2D eigenvalue weighted by Gasteiger charge is 2.08. The number of benzene rings is 1. The Morgan fingerprint density at radius 1 is 1.26 bits per heavy atom. The average molecular weight is 298 g/mol. The van der Waals surface area contributed by atoms with E-state index in [9.17, 15) is 0 Å². The van der Waals surface area contributed by atoms with Gasteiger partial charge in [-0.05, 0) is 18.2 Å². The third-order valence-electron chi connectivity index (χ3n) is 2.27. The van der Waals surface area contributed by atoms with E-state index in [0.717, 1.165) is 0 Å². The molecule has 1 heterocycles. The van der Waals surface area contributed by atoms with Crippen molar-refractivity contribution in [2.75, 3.05) is 0 Å². The van der Waals surface area contributed by atoms with E-state index in [4.69, 9.17) is 38.9 Å². The Labute approximate surface area is 119 Å². The number of halogens is 2. The van der Waals surface area contributed by atoms with Crippen LogP contribution in [0.25, 0.3) is 0 Å². The van der Waals surface area contributed by atoms with Crippen molar-refractivity contribution in [3.63, 3.8) is 0 Å². The van der Waals surface area contributed by atoms with E-state index in [1.807, 2.05) is 0 Å².